The molecule has 0 unspecified atom stereocenters. The average Bonchev–Trinajstić information content (AvgIpc) is 2.03. The molecule has 13 heavy (non-hydrogen) atoms. The summed E-state index contributed by atoms with van der Waals surface area (Å²) in [6.45, 7) is 1.25. The number of Topliss-reactive ketones (excluding diaryl/α,β-unsaturated/α-hetero) is 1. The van der Waals surface area contributed by atoms with Gasteiger partial charge in [-0.2, -0.15) is 0 Å². The summed E-state index contributed by atoms with van der Waals surface area (Å²) < 4.78 is 21.3. The molecule has 70 valence electrons. The Hall–Kier alpha value is -1.36. The number of benzene rings is 1. The van der Waals surface area contributed by atoms with E-state index in [9.17, 15) is 13.2 Å². The summed E-state index contributed by atoms with van der Waals surface area (Å²) in [5.74, 6) is -0.504. The predicted molar refractivity (Wildman–Crippen MR) is 46.7 cm³/mol. The van der Waals surface area contributed by atoms with Crippen molar-refractivity contribution >= 4 is 16.5 Å². The molecule has 0 aliphatic heterocycles. The Morgan fingerprint density at radius 1 is 1.38 bits per heavy atom. The van der Waals surface area contributed by atoms with E-state index in [1.807, 2.05) is 0 Å². The quantitative estimate of drug-likeness (QED) is 0.540. The minimum atomic E-state index is -2.79. The number of thiol groups is 1. The van der Waals surface area contributed by atoms with Gasteiger partial charge in [0.05, 0.1) is 4.90 Å². The molecule has 0 saturated heterocycles. The lowest BCUT2D eigenvalue weighted by Crippen LogP contribution is -1.97. The van der Waals surface area contributed by atoms with Crippen LogP contribution in [0.3, 0.4) is 0 Å². The fourth-order valence-electron chi connectivity index (χ4n) is 0.965. The van der Waals surface area contributed by atoms with Gasteiger partial charge in [0.15, 0.2) is 16.5 Å². The average molecular weight is 200 g/mol. The fourth-order valence-corrected chi connectivity index (χ4v) is 1.58. The summed E-state index contributed by atoms with van der Waals surface area (Å²) in [4.78, 5) is 10.9. The minimum Gasteiger partial charge on any atom is -0.508 e. The van der Waals surface area contributed by atoms with Crippen LogP contribution in [0.15, 0.2) is 23.1 Å². The summed E-state index contributed by atoms with van der Waals surface area (Å²) in [5, 5.41) is 9.02. The van der Waals surface area contributed by atoms with Crippen LogP contribution < -0.4 is 0 Å². The zero-order valence-corrected chi connectivity index (χ0v) is 7.75. The lowest BCUT2D eigenvalue weighted by atomic mass is 10.1. The molecule has 1 aromatic rings. The first-order valence-electron chi connectivity index (χ1n) is 3.50. The Morgan fingerprint density at radius 2 is 2.00 bits per heavy atom. The van der Waals surface area contributed by atoms with E-state index >= 15 is 0 Å². The van der Waals surface area contributed by atoms with E-state index in [0.717, 1.165) is 6.07 Å². The zero-order valence-electron chi connectivity index (χ0n) is 6.85. The van der Waals surface area contributed by atoms with Gasteiger partial charge in [-0.3, -0.25) is 4.79 Å². The second kappa shape index (κ2) is 3.57. The van der Waals surface area contributed by atoms with E-state index in [2.05, 4.69) is 0 Å². The topological polar surface area (TPSA) is 71.4 Å². The highest BCUT2D eigenvalue weighted by molar-refractivity contribution is 7.72. The maximum Gasteiger partial charge on any atom is 0.169 e. The number of hydrogen-bond donors (Lipinski definition) is 2. The number of ketones is 1. The van der Waals surface area contributed by atoms with E-state index < -0.39 is 10.7 Å². The number of phenolic OH excluding ortho intramolecular Hbond substituents is 1. The van der Waals surface area contributed by atoms with Crippen LogP contribution in [0.5, 0.6) is 5.75 Å². The minimum absolute atomic E-state index is 0.0242. The van der Waals surface area contributed by atoms with E-state index in [1.54, 1.807) is 0 Å². The van der Waals surface area contributed by atoms with Crippen LogP contribution in [0.4, 0.5) is 0 Å². The Kier molecular flexibility index (Phi) is 2.67. The van der Waals surface area contributed by atoms with E-state index in [-0.39, 0.29) is 22.0 Å². The van der Waals surface area contributed by atoms with E-state index in [4.69, 9.17) is 5.11 Å². The largest absolute Gasteiger partial charge is 0.508 e. The molecule has 1 N–H and O–H groups in total. The van der Waals surface area contributed by atoms with Crippen molar-refractivity contribution in [1.82, 2.24) is 0 Å². The smallest absolute Gasteiger partial charge is 0.169 e. The van der Waals surface area contributed by atoms with Gasteiger partial charge in [0.25, 0.3) is 0 Å². The third-order valence-electron chi connectivity index (χ3n) is 1.56. The van der Waals surface area contributed by atoms with E-state index in [1.165, 1.54) is 19.1 Å². The number of rotatable bonds is 2. The molecule has 0 spiro atoms. The molecule has 0 amide bonds. The van der Waals surface area contributed by atoms with Gasteiger partial charge in [-0.05, 0) is 25.1 Å². The van der Waals surface area contributed by atoms with Gasteiger partial charge in [0.1, 0.15) is 5.75 Å². The predicted octanol–water partition coefficient (Wildman–Crippen LogP) is 0.565. The first kappa shape index (κ1) is 9.73. The molecule has 0 aromatic heterocycles. The standard InChI is InChI=1S/C8H8O4S/c1-5(9)7-4-6(10)2-3-8(7)13(11)12/h2-4,10,13H,1H3. The molecule has 0 heterocycles. The summed E-state index contributed by atoms with van der Waals surface area (Å²) in [6, 6.07) is 3.58. The number of carbonyl (C=O) groups is 1. The highest BCUT2D eigenvalue weighted by Gasteiger charge is 2.09. The molecule has 5 heteroatoms. The van der Waals surface area contributed by atoms with Gasteiger partial charge in [0.2, 0.25) is 0 Å². The normalized spacial score (nSPS) is 10.3. The summed E-state index contributed by atoms with van der Waals surface area (Å²) in [7, 11) is -2.79. The van der Waals surface area contributed by atoms with Crippen molar-refractivity contribution in [3.63, 3.8) is 0 Å². The van der Waals surface area contributed by atoms with Crippen LogP contribution in [0.25, 0.3) is 0 Å². The molecule has 0 saturated carbocycles. The lowest BCUT2D eigenvalue weighted by Gasteiger charge is -2.00. The van der Waals surface area contributed by atoms with Crippen LogP contribution in [-0.4, -0.2) is 19.3 Å². The van der Waals surface area contributed by atoms with Gasteiger partial charge in [-0.25, -0.2) is 8.42 Å². The molecule has 0 aliphatic carbocycles. The Labute approximate surface area is 76.8 Å². The van der Waals surface area contributed by atoms with Crippen LogP contribution in [-0.2, 0) is 10.7 Å². The maximum atomic E-state index is 10.9. The Morgan fingerprint density at radius 3 is 2.46 bits per heavy atom. The highest BCUT2D eigenvalue weighted by Crippen LogP contribution is 2.17. The molecule has 0 bridgehead atoms. The Balaban J connectivity index is 3.44. The van der Waals surface area contributed by atoms with Crippen LogP contribution >= 0.6 is 0 Å². The molecule has 0 aliphatic rings. The van der Waals surface area contributed by atoms with Gasteiger partial charge in [-0.15, -0.1) is 0 Å². The maximum absolute atomic E-state index is 10.9. The van der Waals surface area contributed by atoms with Crippen molar-refractivity contribution in [2.45, 2.75) is 11.8 Å². The van der Waals surface area contributed by atoms with Crippen molar-refractivity contribution in [2.75, 3.05) is 0 Å². The molecule has 0 radical (unpaired) electrons. The summed E-state index contributed by atoms with van der Waals surface area (Å²) >= 11 is 0. The molecule has 4 nitrogen and oxygen atoms in total. The summed E-state index contributed by atoms with van der Waals surface area (Å²) in [6.07, 6.45) is 0. The second-order valence-electron chi connectivity index (χ2n) is 2.51. The number of aromatic hydroxyl groups is 1. The van der Waals surface area contributed by atoms with Crippen LogP contribution in [0.1, 0.15) is 17.3 Å². The van der Waals surface area contributed by atoms with E-state index in [0.29, 0.717) is 0 Å². The second-order valence-corrected chi connectivity index (χ2v) is 3.51. The van der Waals surface area contributed by atoms with Gasteiger partial charge >= 0.3 is 0 Å². The third kappa shape index (κ3) is 2.06. The lowest BCUT2D eigenvalue weighted by molar-refractivity contribution is 0.101. The molecule has 0 fully saturated rings. The number of phenols is 1. The van der Waals surface area contributed by atoms with Crippen molar-refractivity contribution in [1.29, 1.82) is 0 Å². The first-order valence-corrected chi connectivity index (χ1v) is 4.68. The van der Waals surface area contributed by atoms with Gasteiger partial charge < -0.3 is 5.11 Å². The molecule has 0 atom stereocenters. The highest BCUT2D eigenvalue weighted by atomic mass is 32.2. The van der Waals surface area contributed by atoms with Crippen molar-refractivity contribution in [2.24, 2.45) is 0 Å². The SMILES string of the molecule is CC(=O)c1cc(O)ccc1[SH](=O)=O. The Bertz CT molecular complexity index is 412. The van der Waals surface area contributed by atoms with Gasteiger partial charge in [-0.1, -0.05) is 0 Å². The first-order chi connectivity index (χ1) is 6.02. The van der Waals surface area contributed by atoms with Crippen LogP contribution in [0, 0.1) is 0 Å². The number of carbonyl (C=O) groups excluding carboxylic acids is 1. The monoisotopic (exact) mass is 200 g/mol. The molecular weight excluding hydrogens is 192 g/mol. The molecule has 1 rings (SSSR count). The zero-order chi connectivity index (χ0) is 10.0. The van der Waals surface area contributed by atoms with Crippen molar-refractivity contribution < 1.29 is 18.3 Å². The number of hydrogen-bond acceptors (Lipinski definition) is 4. The summed E-state index contributed by atoms with van der Waals surface area (Å²) in [5.41, 5.74) is 0.0242. The van der Waals surface area contributed by atoms with Crippen molar-refractivity contribution in [3.05, 3.63) is 23.8 Å². The third-order valence-corrected chi connectivity index (χ3v) is 2.34. The van der Waals surface area contributed by atoms with Gasteiger partial charge in [0, 0.05) is 5.56 Å². The van der Waals surface area contributed by atoms with Crippen LogP contribution in [0.2, 0.25) is 0 Å². The molecular formula is C8H8O4S. The molecule has 1 aromatic carbocycles. The van der Waals surface area contributed by atoms with Crippen molar-refractivity contribution in [3.8, 4) is 5.75 Å². The fraction of sp³-hybridized carbons (Fsp3) is 0.125.